The molecule has 0 heterocycles. The molecule has 0 aliphatic heterocycles. The molecular formula is C16H14BrCl2NO2S. The lowest BCUT2D eigenvalue weighted by molar-refractivity contribution is -0.120. The van der Waals surface area contributed by atoms with E-state index in [-0.39, 0.29) is 12.3 Å². The fourth-order valence-electron chi connectivity index (χ4n) is 1.88. The van der Waals surface area contributed by atoms with E-state index in [2.05, 4.69) is 21.2 Å². The molecule has 1 N–H and O–H groups in total. The molecule has 0 saturated carbocycles. The minimum atomic E-state index is -1.14. The molecule has 2 rings (SSSR count). The van der Waals surface area contributed by atoms with Crippen LogP contribution in [0.15, 0.2) is 51.8 Å². The highest BCUT2D eigenvalue weighted by molar-refractivity contribution is 9.10. The van der Waals surface area contributed by atoms with Crippen LogP contribution in [0.25, 0.3) is 0 Å². The lowest BCUT2D eigenvalue weighted by Gasteiger charge is -2.06. The monoisotopic (exact) mass is 433 g/mol. The lowest BCUT2D eigenvalue weighted by atomic mass is 10.1. The Morgan fingerprint density at radius 1 is 1.09 bits per heavy atom. The van der Waals surface area contributed by atoms with Crippen molar-refractivity contribution in [1.29, 1.82) is 0 Å². The topological polar surface area (TPSA) is 46.2 Å². The van der Waals surface area contributed by atoms with E-state index in [1.807, 2.05) is 12.1 Å². The van der Waals surface area contributed by atoms with Crippen molar-refractivity contribution in [2.75, 3.05) is 12.3 Å². The minimum Gasteiger partial charge on any atom is -0.355 e. The molecule has 3 nitrogen and oxygen atoms in total. The molecule has 0 unspecified atom stereocenters. The van der Waals surface area contributed by atoms with E-state index in [1.54, 1.807) is 30.3 Å². The van der Waals surface area contributed by atoms with Crippen molar-refractivity contribution < 1.29 is 9.00 Å². The second kappa shape index (κ2) is 8.83. The van der Waals surface area contributed by atoms with Crippen molar-refractivity contribution >= 4 is 55.8 Å². The molecule has 0 radical (unpaired) electrons. The van der Waals surface area contributed by atoms with Gasteiger partial charge in [0.15, 0.2) is 0 Å². The van der Waals surface area contributed by atoms with Crippen molar-refractivity contribution in [2.24, 2.45) is 0 Å². The summed E-state index contributed by atoms with van der Waals surface area (Å²) in [6.07, 6.45) is 0.210. The highest BCUT2D eigenvalue weighted by Crippen LogP contribution is 2.22. The predicted molar refractivity (Wildman–Crippen MR) is 98.6 cm³/mol. The molecule has 0 bridgehead atoms. The third-order valence-electron chi connectivity index (χ3n) is 3.03. The van der Waals surface area contributed by atoms with E-state index in [0.717, 1.165) is 14.9 Å². The zero-order valence-electron chi connectivity index (χ0n) is 12.0. The van der Waals surface area contributed by atoms with E-state index in [1.165, 1.54) is 0 Å². The minimum absolute atomic E-state index is 0.142. The molecule has 0 aromatic heterocycles. The number of benzene rings is 2. The van der Waals surface area contributed by atoms with E-state index in [4.69, 9.17) is 23.2 Å². The van der Waals surface area contributed by atoms with Gasteiger partial charge in [-0.05, 0) is 42.0 Å². The maximum atomic E-state index is 12.1. The Morgan fingerprint density at radius 3 is 2.43 bits per heavy atom. The Hall–Kier alpha value is -0.880. The first-order valence-electron chi connectivity index (χ1n) is 6.80. The summed E-state index contributed by atoms with van der Waals surface area (Å²) >= 11 is 15.1. The molecule has 122 valence electrons. The van der Waals surface area contributed by atoms with Gasteiger partial charge in [-0.25, -0.2) is 0 Å². The molecule has 0 aliphatic rings. The first-order chi connectivity index (χ1) is 11.0. The summed E-state index contributed by atoms with van der Waals surface area (Å²) < 4.78 is 13.0. The Labute approximate surface area is 156 Å². The van der Waals surface area contributed by atoms with Crippen LogP contribution in [0.5, 0.6) is 0 Å². The fourth-order valence-corrected chi connectivity index (χ4v) is 3.43. The van der Waals surface area contributed by atoms with Crippen LogP contribution in [-0.4, -0.2) is 22.4 Å². The predicted octanol–water partition coefficient (Wildman–Crippen LogP) is 4.22. The summed E-state index contributed by atoms with van der Waals surface area (Å²) in [7, 11) is -1.14. The number of halogens is 3. The molecule has 0 fully saturated rings. The Morgan fingerprint density at radius 2 is 1.78 bits per heavy atom. The average molecular weight is 435 g/mol. The Balaban J connectivity index is 1.79. The van der Waals surface area contributed by atoms with Crippen molar-refractivity contribution in [3.05, 3.63) is 62.5 Å². The van der Waals surface area contributed by atoms with Crippen LogP contribution >= 0.6 is 39.1 Å². The van der Waals surface area contributed by atoms with Gasteiger partial charge in [0.05, 0.1) is 27.3 Å². The Kier molecular flexibility index (Phi) is 7.09. The van der Waals surface area contributed by atoms with Gasteiger partial charge in [0.25, 0.3) is 0 Å². The van der Waals surface area contributed by atoms with E-state index < -0.39 is 10.8 Å². The van der Waals surface area contributed by atoms with Crippen molar-refractivity contribution in [1.82, 2.24) is 5.32 Å². The van der Waals surface area contributed by atoms with Crippen LogP contribution in [0.2, 0.25) is 10.0 Å². The molecule has 23 heavy (non-hydrogen) atoms. The maximum absolute atomic E-state index is 12.1. The fraction of sp³-hybridized carbons (Fsp3) is 0.188. The quantitative estimate of drug-likeness (QED) is 0.739. The number of carbonyl (C=O) groups excluding carboxylic acids is 1. The lowest BCUT2D eigenvalue weighted by Crippen LogP contribution is -2.29. The first-order valence-corrected chi connectivity index (χ1v) is 9.67. The molecule has 0 saturated heterocycles. The highest BCUT2D eigenvalue weighted by Gasteiger charge is 2.07. The van der Waals surface area contributed by atoms with Gasteiger partial charge < -0.3 is 5.32 Å². The third-order valence-corrected chi connectivity index (χ3v) is 5.68. The summed E-state index contributed by atoms with van der Waals surface area (Å²) in [5, 5.41) is 3.64. The maximum Gasteiger partial charge on any atom is 0.224 e. The van der Waals surface area contributed by atoms with Crippen LogP contribution in [0.3, 0.4) is 0 Å². The van der Waals surface area contributed by atoms with Gasteiger partial charge in [-0.2, -0.15) is 0 Å². The largest absolute Gasteiger partial charge is 0.355 e. The van der Waals surface area contributed by atoms with Crippen LogP contribution in [0.4, 0.5) is 0 Å². The summed E-state index contributed by atoms with van der Waals surface area (Å²) in [6.45, 7) is 0.350. The summed E-state index contributed by atoms with van der Waals surface area (Å²) in [5.41, 5.74) is 0.783. The van der Waals surface area contributed by atoms with E-state index >= 15 is 0 Å². The second-order valence-corrected chi connectivity index (χ2v) is 8.08. The molecule has 0 aliphatic carbocycles. The molecule has 2 aromatic rings. The summed E-state index contributed by atoms with van der Waals surface area (Å²) in [4.78, 5) is 12.6. The van der Waals surface area contributed by atoms with Crippen LogP contribution in [0, 0.1) is 0 Å². The van der Waals surface area contributed by atoms with Crippen molar-refractivity contribution in [2.45, 2.75) is 11.3 Å². The van der Waals surface area contributed by atoms with Crippen LogP contribution in [0.1, 0.15) is 5.56 Å². The Bertz CT molecular complexity index is 723. The summed E-state index contributed by atoms with van der Waals surface area (Å²) in [6, 6.07) is 12.4. The van der Waals surface area contributed by atoms with Crippen LogP contribution in [-0.2, 0) is 22.0 Å². The molecule has 7 heteroatoms. The molecule has 1 amide bonds. The number of nitrogens with one attached hydrogen (secondary N) is 1. The van der Waals surface area contributed by atoms with Gasteiger partial charge in [-0.15, -0.1) is 0 Å². The highest BCUT2D eigenvalue weighted by atomic mass is 79.9. The molecule has 2 aromatic carbocycles. The number of hydrogen-bond donors (Lipinski definition) is 1. The van der Waals surface area contributed by atoms with Crippen molar-refractivity contribution in [3.63, 3.8) is 0 Å². The van der Waals surface area contributed by atoms with Crippen LogP contribution < -0.4 is 5.32 Å². The van der Waals surface area contributed by atoms with E-state index in [9.17, 15) is 9.00 Å². The normalized spacial score (nSPS) is 12.0. The van der Waals surface area contributed by atoms with Gasteiger partial charge >= 0.3 is 0 Å². The second-order valence-electron chi connectivity index (χ2n) is 4.78. The van der Waals surface area contributed by atoms with Gasteiger partial charge in [0.2, 0.25) is 5.91 Å². The molecule has 0 spiro atoms. The van der Waals surface area contributed by atoms with Gasteiger partial charge in [-0.3, -0.25) is 9.00 Å². The third kappa shape index (κ3) is 5.92. The molecular weight excluding hydrogens is 421 g/mol. The standard InChI is InChI=1S/C16H14BrCl2NO2S/c17-12-2-4-13(5-3-12)23(22)8-7-20-16(21)10-11-1-6-14(18)15(19)9-11/h1-6,9H,7-8,10H2,(H,20,21)/t23-/m1/s1. The van der Waals surface area contributed by atoms with E-state index in [0.29, 0.717) is 22.3 Å². The number of rotatable bonds is 6. The number of hydrogen-bond acceptors (Lipinski definition) is 2. The molecule has 1 atom stereocenters. The van der Waals surface area contributed by atoms with Gasteiger partial charge in [-0.1, -0.05) is 45.2 Å². The SMILES string of the molecule is O=C(Cc1ccc(Cl)c(Cl)c1)NCC[S@@](=O)c1ccc(Br)cc1. The zero-order valence-corrected chi connectivity index (χ0v) is 15.9. The zero-order chi connectivity index (χ0) is 16.8. The summed E-state index contributed by atoms with van der Waals surface area (Å²) in [5.74, 6) is 0.227. The van der Waals surface area contributed by atoms with Gasteiger partial charge in [0.1, 0.15) is 0 Å². The van der Waals surface area contributed by atoms with Gasteiger partial charge in [0, 0.05) is 21.7 Å². The number of amides is 1. The first kappa shape index (κ1) is 18.5. The number of carbonyl (C=O) groups is 1. The smallest absolute Gasteiger partial charge is 0.224 e. The average Bonchev–Trinajstić information content (AvgIpc) is 2.51. The van der Waals surface area contributed by atoms with Crippen molar-refractivity contribution in [3.8, 4) is 0 Å².